The van der Waals surface area contributed by atoms with E-state index in [-0.39, 0.29) is 11.9 Å². The third kappa shape index (κ3) is 8.99. The van der Waals surface area contributed by atoms with Gasteiger partial charge in [0, 0.05) is 12.2 Å². The van der Waals surface area contributed by atoms with Crippen LogP contribution in [0.4, 0.5) is 0 Å². The second-order valence-corrected chi connectivity index (χ2v) is 2.89. The van der Waals surface area contributed by atoms with Gasteiger partial charge in [-0.2, -0.15) is 0 Å². The molecule has 4 nitrogen and oxygen atoms in total. The summed E-state index contributed by atoms with van der Waals surface area (Å²) in [4.78, 5) is 21.7. The number of esters is 2. The molecule has 0 rings (SSSR count). The molecule has 0 N–H and O–H groups in total. The van der Waals surface area contributed by atoms with Crippen molar-refractivity contribution in [3.63, 3.8) is 0 Å². The molecular weight excluding hydrogens is 208 g/mol. The molecule has 4 heteroatoms. The van der Waals surface area contributed by atoms with Crippen molar-refractivity contribution in [3.8, 4) is 0 Å². The molecule has 0 saturated heterocycles. The Bertz CT molecular complexity index is 238. The molecule has 0 saturated carbocycles. The highest BCUT2D eigenvalue weighted by Gasteiger charge is 1.93. The fourth-order valence-electron chi connectivity index (χ4n) is 0.932. The Morgan fingerprint density at radius 1 is 0.875 bits per heavy atom. The van der Waals surface area contributed by atoms with Crippen LogP contribution < -0.4 is 0 Å². The van der Waals surface area contributed by atoms with Crippen molar-refractivity contribution in [2.45, 2.75) is 26.7 Å². The number of allylic oxidation sites excluding steroid dienone is 2. The molecule has 0 aliphatic heterocycles. The average molecular weight is 226 g/mol. The zero-order chi connectivity index (χ0) is 12.2. The fraction of sp³-hybridized carbons (Fsp3) is 0.500. The van der Waals surface area contributed by atoms with Gasteiger partial charge in [-0.3, -0.25) is 0 Å². The number of rotatable bonds is 7. The maximum absolute atomic E-state index is 10.9. The van der Waals surface area contributed by atoms with E-state index in [0.717, 1.165) is 0 Å². The number of carbonyl (C=O) groups is 2. The molecule has 0 amide bonds. The summed E-state index contributed by atoms with van der Waals surface area (Å²) in [5.41, 5.74) is 0. The van der Waals surface area contributed by atoms with Gasteiger partial charge in [0.05, 0.1) is 13.2 Å². The minimum Gasteiger partial charge on any atom is -0.463 e. The van der Waals surface area contributed by atoms with Gasteiger partial charge >= 0.3 is 11.9 Å². The second kappa shape index (κ2) is 9.96. The third-order valence-corrected chi connectivity index (χ3v) is 1.58. The molecule has 0 aromatic carbocycles. The van der Waals surface area contributed by atoms with Gasteiger partial charge < -0.3 is 9.47 Å². The summed E-state index contributed by atoms with van der Waals surface area (Å²) in [7, 11) is 0. The molecule has 0 bridgehead atoms. The molecule has 0 atom stereocenters. The Hall–Kier alpha value is -1.58. The Balaban J connectivity index is 3.59. The summed E-state index contributed by atoms with van der Waals surface area (Å²) >= 11 is 0. The number of carbonyl (C=O) groups excluding carboxylic acids is 2. The van der Waals surface area contributed by atoms with Gasteiger partial charge in [-0.15, -0.1) is 0 Å². The molecule has 16 heavy (non-hydrogen) atoms. The monoisotopic (exact) mass is 226 g/mol. The molecule has 0 spiro atoms. The van der Waals surface area contributed by atoms with E-state index >= 15 is 0 Å². The summed E-state index contributed by atoms with van der Waals surface area (Å²) in [5, 5.41) is 0. The molecule has 0 aliphatic carbocycles. The van der Waals surface area contributed by atoms with Gasteiger partial charge in [0.25, 0.3) is 0 Å². The molecule has 0 unspecified atom stereocenters. The lowest BCUT2D eigenvalue weighted by molar-refractivity contribution is -0.138. The summed E-state index contributed by atoms with van der Waals surface area (Å²) in [6.07, 6.45) is 7.59. The van der Waals surface area contributed by atoms with Crippen LogP contribution in [0.25, 0.3) is 0 Å². The smallest absolute Gasteiger partial charge is 0.330 e. The summed E-state index contributed by atoms with van der Waals surface area (Å²) in [6, 6.07) is 0. The molecule has 0 radical (unpaired) electrons. The van der Waals surface area contributed by atoms with Crippen LogP contribution in [0.5, 0.6) is 0 Å². The first kappa shape index (κ1) is 14.4. The summed E-state index contributed by atoms with van der Waals surface area (Å²) < 4.78 is 9.40. The zero-order valence-corrected chi connectivity index (χ0v) is 9.77. The standard InChI is InChI=1S/C12H18O4/c1-3-15-11(13)9-7-5-6-8-10-12(14)16-4-2/h7-10H,3-6H2,1-2H3/b9-7+,10-8+. The van der Waals surface area contributed by atoms with Gasteiger partial charge in [-0.05, 0) is 26.7 Å². The maximum atomic E-state index is 10.9. The van der Waals surface area contributed by atoms with Crippen LogP contribution in [0.1, 0.15) is 26.7 Å². The molecule has 0 aliphatic rings. The van der Waals surface area contributed by atoms with Crippen molar-refractivity contribution in [2.24, 2.45) is 0 Å². The minimum absolute atomic E-state index is 0.336. The second-order valence-electron chi connectivity index (χ2n) is 2.89. The molecular formula is C12H18O4. The van der Waals surface area contributed by atoms with Crippen LogP contribution in [0.15, 0.2) is 24.3 Å². The highest BCUT2D eigenvalue weighted by Crippen LogP contribution is 1.94. The first-order valence-electron chi connectivity index (χ1n) is 5.37. The molecule has 0 aromatic rings. The number of hydrogen-bond acceptors (Lipinski definition) is 4. The Morgan fingerprint density at radius 2 is 1.25 bits per heavy atom. The number of hydrogen-bond donors (Lipinski definition) is 0. The van der Waals surface area contributed by atoms with Crippen molar-refractivity contribution in [1.29, 1.82) is 0 Å². The van der Waals surface area contributed by atoms with Crippen LogP contribution in [0.2, 0.25) is 0 Å². The number of ether oxygens (including phenoxy) is 2. The topological polar surface area (TPSA) is 52.6 Å². The van der Waals surface area contributed by atoms with Gasteiger partial charge in [-0.1, -0.05) is 12.2 Å². The van der Waals surface area contributed by atoms with Crippen LogP contribution >= 0.6 is 0 Å². The third-order valence-electron chi connectivity index (χ3n) is 1.58. The van der Waals surface area contributed by atoms with E-state index in [1.165, 1.54) is 12.2 Å². The predicted octanol–water partition coefficient (Wildman–Crippen LogP) is 2.01. The van der Waals surface area contributed by atoms with E-state index in [0.29, 0.717) is 26.1 Å². The van der Waals surface area contributed by atoms with Crippen molar-refractivity contribution in [1.82, 2.24) is 0 Å². The normalized spacial score (nSPS) is 10.9. The highest BCUT2D eigenvalue weighted by atomic mass is 16.5. The van der Waals surface area contributed by atoms with Crippen molar-refractivity contribution < 1.29 is 19.1 Å². The SMILES string of the molecule is CCOC(=O)/C=C/CC/C=C/C(=O)OCC. The van der Waals surface area contributed by atoms with Crippen LogP contribution in [0.3, 0.4) is 0 Å². The van der Waals surface area contributed by atoms with Crippen LogP contribution in [-0.2, 0) is 19.1 Å². The van der Waals surface area contributed by atoms with Gasteiger partial charge in [-0.25, -0.2) is 9.59 Å². The van der Waals surface area contributed by atoms with Gasteiger partial charge in [0.15, 0.2) is 0 Å². The van der Waals surface area contributed by atoms with Crippen molar-refractivity contribution in [3.05, 3.63) is 24.3 Å². The Morgan fingerprint density at radius 3 is 1.56 bits per heavy atom. The molecule has 0 fully saturated rings. The van der Waals surface area contributed by atoms with Gasteiger partial charge in [0.1, 0.15) is 0 Å². The Kier molecular flexibility index (Phi) is 8.97. The Labute approximate surface area is 95.9 Å². The highest BCUT2D eigenvalue weighted by molar-refractivity contribution is 5.82. The zero-order valence-electron chi connectivity index (χ0n) is 9.77. The van der Waals surface area contributed by atoms with Gasteiger partial charge in [0.2, 0.25) is 0 Å². The van der Waals surface area contributed by atoms with Crippen molar-refractivity contribution in [2.75, 3.05) is 13.2 Å². The lowest BCUT2D eigenvalue weighted by atomic mass is 10.2. The lowest BCUT2D eigenvalue weighted by Crippen LogP contribution is -1.99. The lowest BCUT2D eigenvalue weighted by Gasteiger charge is -1.94. The maximum Gasteiger partial charge on any atom is 0.330 e. The summed E-state index contributed by atoms with van der Waals surface area (Å²) in [6.45, 7) is 4.28. The van der Waals surface area contributed by atoms with E-state index in [1.54, 1.807) is 26.0 Å². The molecule has 90 valence electrons. The predicted molar refractivity (Wildman–Crippen MR) is 60.8 cm³/mol. The first-order valence-corrected chi connectivity index (χ1v) is 5.37. The molecule has 0 aromatic heterocycles. The average Bonchev–Trinajstić information content (AvgIpc) is 2.24. The van der Waals surface area contributed by atoms with E-state index in [4.69, 9.17) is 9.47 Å². The first-order chi connectivity index (χ1) is 7.70. The fourth-order valence-corrected chi connectivity index (χ4v) is 0.932. The number of unbranched alkanes of at least 4 members (excludes halogenated alkanes) is 1. The van der Waals surface area contributed by atoms with Crippen molar-refractivity contribution >= 4 is 11.9 Å². The minimum atomic E-state index is -0.336. The van der Waals surface area contributed by atoms with Crippen LogP contribution in [-0.4, -0.2) is 25.2 Å². The van der Waals surface area contributed by atoms with E-state index in [1.807, 2.05) is 0 Å². The quantitative estimate of drug-likeness (QED) is 0.378. The van der Waals surface area contributed by atoms with E-state index in [9.17, 15) is 9.59 Å². The largest absolute Gasteiger partial charge is 0.463 e. The summed E-state index contributed by atoms with van der Waals surface area (Å²) in [5.74, 6) is -0.672. The van der Waals surface area contributed by atoms with E-state index < -0.39 is 0 Å². The van der Waals surface area contributed by atoms with Crippen LogP contribution in [0, 0.1) is 0 Å². The van der Waals surface area contributed by atoms with E-state index in [2.05, 4.69) is 0 Å². The molecule has 0 heterocycles.